The van der Waals surface area contributed by atoms with Gasteiger partial charge in [-0.3, -0.25) is 9.36 Å². The summed E-state index contributed by atoms with van der Waals surface area (Å²) in [5, 5.41) is 9.82. The zero-order valence-corrected chi connectivity index (χ0v) is 13.1. The third kappa shape index (κ3) is 4.89. The van der Waals surface area contributed by atoms with Gasteiger partial charge in [-0.25, -0.2) is 9.89 Å². The van der Waals surface area contributed by atoms with Crippen molar-refractivity contribution in [2.45, 2.75) is 50.4 Å². The molecule has 0 spiro atoms. The summed E-state index contributed by atoms with van der Waals surface area (Å²) in [7, 11) is 0. The number of hydrogen-bond acceptors (Lipinski definition) is 5. The predicted molar refractivity (Wildman–Crippen MR) is 80.5 cm³/mol. The molecule has 0 bridgehead atoms. The largest absolute Gasteiger partial charge is 0.376 e. The van der Waals surface area contributed by atoms with Crippen LogP contribution < -0.4 is 11.0 Å². The Morgan fingerprint density at radius 3 is 3.19 bits per heavy atom. The highest BCUT2D eigenvalue weighted by molar-refractivity contribution is 7.99. The first-order chi connectivity index (χ1) is 10.2. The minimum atomic E-state index is -0.217. The monoisotopic (exact) mass is 314 g/mol. The van der Waals surface area contributed by atoms with E-state index in [2.05, 4.69) is 22.4 Å². The molecule has 7 nitrogen and oxygen atoms in total. The van der Waals surface area contributed by atoms with E-state index < -0.39 is 0 Å². The molecule has 0 aromatic carbocycles. The van der Waals surface area contributed by atoms with Crippen LogP contribution in [0.2, 0.25) is 0 Å². The van der Waals surface area contributed by atoms with Crippen LogP contribution in [0.4, 0.5) is 0 Å². The topological polar surface area (TPSA) is 89.0 Å². The molecule has 2 rings (SSSR count). The maximum Gasteiger partial charge on any atom is 0.343 e. The number of hydrogen-bond donors (Lipinski definition) is 2. The van der Waals surface area contributed by atoms with Crippen molar-refractivity contribution in [3.05, 3.63) is 10.5 Å². The fraction of sp³-hybridized carbons (Fsp3) is 0.769. The molecule has 2 heterocycles. The number of aromatic nitrogens is 3. The van der Waals surface area contributed by atoms with Crippen LogP contribution in [0.3, 0.4) is 0 Å². The summed E-state index contributed by atoms with van der Waals surface area (Å²) >= 11 is 1.28. The quantitative estimate of drug-likeness (QED) is 0.692. The van der Waals surface area contributed by atoms with Gasteiger partial charge >= 0.3 is 5.69 Å². The lowest BCUT2D eigenvalue weighted by molar-refractivity contribution is -0.119. The van der Waals surface area contributed by atoms with Crippen LogP contribution in [0, 0.1) is 0 Å². The molecule has 0 aliphatic carbocycles. The number of carbonyl (C=O) groups excluding carboxylic acids is 1. The predicted octanol–water partition coefficient (Wildman–Crippen LogP) is 0.759. The second-order valence-corrected chi connectivity index (χ2v) is 5.99. The molecule has 8 heteroatoms. The highest BCUT2D eigenvalue weighted by Crippen LogP contribution is 2.14. The van der Waals surface area contributed by atoms with Crippen molar-refractivity contribution < 1.29 is 9.53 Å². The molecule has 2 N–H and O–H groups in total. The molecule has 1 aliphatic rings. The molecule has 1 aromatic heterocycles. The molecule has 1 atom stereocenters. The van der Waals surface area contributed by atoms with Crippen molar-refractivity contribution in [3.63, 3.8) is 0 Å². The molecule has 118 valence electrons. The highest BCUT2D eigenvalue weighted by Gasteiger charge is 2.16. The van der Waals surface area contributed by atoms with Crippen molar-refractivity contribution in [2.24, 2.45) is 0 Å². The lowest BCUT2D eigenvalue weighted by atomic mass is 10.2. The maximum atomic E-state index is 11.8. The maximum absolute atomic E-state index is 11.8. The van der Waals surface area contributed by atoms with Crippen molar-refractivity contribution in [2.75, 3.05) is 18.9 Å². The van der Waals surface area contributed by atoms with Gasteiger partial charge in [-0.2, -0.15) is 0 Å². The first-order valence-electron chi connectivity index (χ1n) is 7.37. The number of nitrogens with one attached hydrogen (secondary N) is 2. The summed E-state index contributed by atoms with van der Waals surface area (Å²) in [5.41, 5.74) is -0.217. The molecule has 1 aliphatic heterocycles. The standard InChI is InChI=1S/C13H22N4O3S/c1-2-3-6-17-12(19)15-16-13(17)21-9-11(18)14-8-10-5-4-7-20-10/h10H,2-9H2,1H3,(H,14,18)(H,15,19). The van der Waals surface area contributed by atoms with E-state index in [0.29, 0.717) is 18.2 Å². The number of carbonyl (C=O) groups is 1. The van der Waals surface area contributed by atoms with E-state index >= 15 is 0 Å². The van der Waals surface area contributed by atoms with Gasteiger partial charge < -0.3 is 10.1 Å². The molecule has 1 fully saturated rings. The number of rotatable bonds is 8. The van der Waals surface area contributed by atoms with Gasteiger partial charge in [0.2, 0.25) is 5.91 Å². The van der Waals surface area contributed by atoms with Crippen LogP contribution in [-0.2, 0) is 16.1 Å². The average molecular weight is 314 g/mol. The van der Waals surface area contributed by atoms with Crippen molar-refractivity contribution in [3.8, 4) is 0 Å². The highest BCUT2D eigenvalue weighted by atomic mass is 32.2. The van der Waals surface area contributed by atoms with Crippen LogP contribution in [0.5, 0.6) is 0 Å². The Bertz CT molecular complexity index is 508. The number of unbranched alkanes of at least 4 members (excludes halogenated alkanes) is 1. The molecule has 0 radical (unpaired) electrons. The molecule has 1 amide bonds. The van der Waals surface area contributed by atoms with Crippen LogP contribution in [0.1, 0.15) is 32.6 Å². The van der Waals surface area contributed by atoms with Crippen LogP contribution >= 0.6 is 11.8 Å². The zero-order chi connectivity index (χ0) is 15.1. The number of ether oxygens (including phenoxy) is 1. The second kappa shape index (κ2) is 8.23. The van der Waals surface area contributed by atoms with Crippen LogP contribution in [0.25, 0.3) is 0 Å². The van der Waals surface area contributed by atoms with Gasteiger partial charge in [-0.1, -0.05) is 25.1 Å². The average Bonchev–Trinajstić information content (AvgIpc) is 3.11. The Labute approximate surface area is 127 Å². The second-order valence-electron chi connectivity index (χ2n) is 5.04. The molecule has 0 saturated carbocycles. The van der Waals surface area contributed by atoms with Gasteiger partial charge in [-0.05, 0) is 19.3 Å². The molecular formula is C13H22N4O3S. The van der Waals surface area contributed by atoms with E-state index in [4.69, 9.17) is 4.74 Å². The first kappa shape index (κ1) is 16.1. The van der Waals surface area contributed by atoms with E-state index in [1.54, 1.807) is 4.57 Å². The Morgan fingerprint density at radius 2 is 2.48 bits per heavy atom. The van der Waals surface area contributed by atoms with Crippen molar-refractivity contribution >= 4 is 17.7 Å². The lowest BCUT2D eigenvalue weighted by Gasteiger charge is -2.10. The number of thioether (sulfide) groups is 1. The van der Waals surface area contributed by atoms with Crippen LogP contribution in [-0.4, -0.2) is 45.7 Å². The van der Waals surface area contributed by atoms with Crippen molar-refractivity contribution in [1.29, 1.82) is 0 Å². The van der Waals surface area contributed by atoms with E-state index in [-0.39, 0.29) is 23.5 Å². The Kier molecular flexibility index (Phi) is 6.31. The minimum absolute atomic E-state index is 0.0620. The first-order valence-corrected chi connectivity index (χ1v) is 8.35. The van der Waals surface area contributed by atoms with Crippen molar-refractivity contribution in [1.82, 2.24) is 20.1 Å². The normalized spacial score (nSPS) is 18.0. The van der Waals surface area contributed by atoms with E-state index in [1.807, 2.05) is 0 Å². The smallest absolute Gasteiger partial charge is 0.343 e. The Balaban J connectivity index is 1.76. The van der Waals surface area contributed by atoms with Gasteiger partial charge in [0, 0.05) is 19.7 Å². The number of amides is 1. The number of H-pyrrole nitrogens is 1. The molecule has 1 unspecified atom stereocenters. The van der Waals surface area contributed by atoms with E-state index in [9.17, 15) is 9.59 Å². The summed E-state index contributed by atoms with van der Waals surface area (Å²) in [6.45, 7) is 4.04. The Hall–Kier alpha value is -1.28. The van der Waals surface area contributed by atoms with Gasteiger partial charge in [0.25, 0.3) is 0 Å². The summed E-state index contributed by atoms with van der Waals surface area (Å²) in [4.78, 5) is 23.4. The fourth-order valence-electron chi connectivity index (χ4n) is 2.14. The van der Waals surface area contributed by atoms with Gasteiger partial charge in [0.15, 0.2) is 5.16 Å². The number of nitrogens with zero attached hydrogens (tertiary/aromatic N) is 2. The molecular weight excluding hydrogens is 292 g/mol. The number of aromatic amines is 1. The Morgan fingerprint density at radius 1 is 1.62 bits per heavy atom. The third-order valence-electron chi connectivity index (χ3n) is 3.34. The molecule has 21 heavy (non-hydrogen) atoms. The van der Waals surface area contributed by atoms with Crippen LogP contribution in [0.15, 0.2) is 9.95 Å². The molecule has 1 aromatic rings. The zero-order valence-electron chi connectivity index (χ0n) is 12.3. The summed E-state index contributed by atoms with van der Waals surface area (Å²) in [5.74, 6) is 0.191. The summed E-state index contributed by atoms with van der Waals surface area (Å²) in [6.07, 6.45) is 4.13. The van der Waals surface area contributed by atoms with E-state index in [0.717, 1.165) is 32.3 Å². The lowest BCUT2D eigenvalue weighted by Crippen LogP contribution is -2.33. The van der Waals surface area contributed by atoms with Gasteiger partial charge in [-0.15, -0.1) is 5.10 Å². The third-order valence-corrected chi connectivity index (χ3v) is 4.32. The van der Waals surface area contributed by atoms with Gasteiger partial charge in [0.1, 0.15) is 0 Å². The summed E-state index contributed by atoms with van der Waals surface area (Å²) in [6, 6.07) is 0. The SMILES string of the molecule is CCCCn1c(SCC(=O)NCC2CCCO2)n[nH]c1=O. The van der Waals surface area contributed by atoms with Gasteiger partial charge in [0.05, 0.1) is 11.9 Å². The van der Waals surface area contributed by atoms with E-state index in [1.165, 1.54) is 11.8 Å². The minimum Gasteiger partial charge on any atom is -0.376 e. The fourth-order valence-corrected chi connectivity index (χ4v) is 2.94. The molecule has 1 saturated heterocycles. The summed E-state index contributed by atoms with van der Waals surface area (Å²) < 4.78 is 7.03.